The smallest absolute Gasteiger partial charge is 0.363 e. The van der Waals surface area contributed by atoms with Crippen molar-refractivity contribution >= 4 is 17.9 Å². The standard InChI is InChI=1S/C25H20FNO4/c1-16-10-12-17(13-11-16)24-27-21(25(28)31-24)14-18-7-5-9-22(29-2)23(18)30-15-19-6-3-4-8-20(19)26/h3-14H,15H2,1-2H3/b21-14-. The molecule has 0 N–H and O–H groups in total. The summed E-state index contributed by atoms with van der Waals surface area (Å²) in [6.45, 7) is 1.98. The number of aliphatic imine (C=N–C) groups is 1. The van der Waals surface area contributed by atoms with E-state index in [1.807, 2.05) is 31.2 Å². The van der Waals surface area contributed by atoms with E-state index < -0.39 is 5.97 Å². The third-order valence-corrected chi connectivity index (χ3v) is 4.77. The fourth-order valence-corrected chi connectivity index (χ4v) is 3.10. The van der Waals surface area contributed by atoms with Gasteiger partial charge in [0, 0.05) is 16.7 Å². The van der Waals surface area contributed by atoms with E-state index in [2.05, 4.69) is 4.99 Å². The Hall–Kier alpha value is -3.93. The predicted molar refractivity (Wildman–Crippen MR) is 116 cm³/mol. The van der Waals surface area contributed by atoms with Crippen molar-refractivity contribution in [2.24, 2.45) is 4.99 Å². The summed E-state index contributed by atoms with van der Waals surface area (Å²) in [5.74, 6) is 0.169. The number of rotatable bonds is 6. The van der Waals surface area contributed by atoms with Crippen LogP contribution in [0.4, 0.5) is 4.39 Å². The molecular formula is C25H20FNO4. The van der Waals surface area contributed by atoms with E-state index in [0.29, 0.717) is 28.2 Å². The molecule has 3 aromatic carbocycles. The highest BCUT2D eigenvalue weighted by Crippen LogP contribution is 2.34. The molecule has 0 aromatic heterocycles. The zero-order valence-electron chi connectivity index (χ0n) is 17.1. The van der Waals surface area contributed by atoms with Gasteiger partial charge in [0.25, 0.3) is 0 Å². The Morgan fingerprint density at radius 3 is 2.55 bits per heavy atom. The van der Waals surface area contributed by atoms with Crippen molar-refractivity contribution in [3.63, 3.8) is 0 Å². The molecule has 0 bridgehead atoms. The Labute approximate surface area is 179 Å². The molecule has 0 unspecified atom stereocenters. The SMILES string of the molecule is COc1cccc(/C=C2\N=C(c3ccc(C)cc3)OC2=O)c1OCc1ccccc1F. The average Bonchev–Trinajstić information content (AvgIpc) is 3.14. The first-order chi connectivity index (χ1) is 15.0. The van der Waals surface area contributed by atoms with Crippen molar-refractivity contribution in [2.75, 3.05) is 7.11 Å². The molecule has 1 aliphatic heterocycles. The summed E-state index contributed by atoms with van der Waals surface area (Å²) in [5, 5.41) is 0. The molecule has 0 spiro atoms. The van der Waals surface area contributed by atoms with Crippen molar-refractivity contribution in [1.82, 2.24) is 0 Å². The number of carbonyl (C=O) groups is 1. The van der Waals surface area contributed by atoms with Gasteiger partial charge in [-0.1, -0.05) is 48.0 Å². The summed E-state index contributed by atoms with van der Waals surface area (Å²) in [4.78, 5) is 16.7. The molecule has 0 aliphatic carbocycles. The monoisotopic (exact) mass is 417 g/mol. The summed E-state index contributed by atoms with van der Waals surface area (Å²) in [5.41, 5.74) is 2.92. The molecule has 0 saturated carbocycles. The quantitative estimate of drug-likeness (QED) is 0.415. The van der Waals surface area contributed by atoms with E-state index in [4.69, 9.17) is 14.2 Å². The van der Waals surface area contributed by atoms with Gasteiger partial charge in [0.05, 0.1) is 7.11 Å². The van der Waals surface area contributed by atoms with Gasteiger partial charge in [-0.2, -0.15) is 0 Å². The number of para-hydroxylation sites is 1. The molecule has 0 atom stereocenters. The van der Waals surface area contributed by atoms with E-state index in [9.17, 15) is 9.18 Å². The number of halogens is 1. The molecule has 0 amide bonds. The Balaban J connectivity index is 1.66. The number of benzene rings is 3. The van der Waals surface area contributed by atoms with Gasteiger partial charge in [0.1, 0.15) is 12.4 Å². The van der Waals surface area contributed by atoms with E-state index in [1.165, 1.54) is 13.2 Å². The van der Waals surface area contributed by atoms with Crippen LogP contribution in [0.5, 0.6) is 11.5 Å². The minimum absolute atomic E-state index is 0.00551. The van der Waals surface area contributed by atoms with Crippen LogP contribution in [0.1, 0.15) is 22.3 Å². The number of aryl methyl sites for hydroxylation is 1. The maximum atomic E-state index is 14.0. The number of hydrogen-bond acceptors (Lipinski definition) is 5. The van der Waals surface area contributed by atoms with Crippen LogP contribution in [0.2, 0.25) is 0 Å². The first kappa shape index (κ1) is 20.3. The first-order valence-electron chi connectivity index (χ1n) is 9.68. The maximum absolute atomic E-state index is 14.0. The van der Waals surface area contributed by atoms with Crippen LogP contribution >= 0.6 is 0 Å². The highest BCUT2D eigenvalue weighted by Gasteiger charge is 2.25. The van der Waals surface area contributed by atoms with Gasteiger partial charge in [0.2, 0.25) is 5.90 Å². The fraction of sp³-hybridized carbons (Fsp3) is 0.120. The molecule has 31 heavy (non-hydrogen) atoms. The minimum atomic E-state index is -0.557. The van der Waals surface area contributed by atoms with Gasteiger partial charge in [-0.15, -0.1) is 0 Å². The van der Waals surface area contributed by atoms with Gasteiger partial charge in [-0.25, -0.2) is 14.2 Å². The molecule has 0 fully saturated rings. The highest BCUT2D eigenvalue weighted by atomic mass is 19.1. The van der Waals surface area contributed by atoms with Crippen LogP contribution in [-0.2, 0) is 16.1 Å². The number of nitrogens with zero attached hydrogens (tertiary/aromatic N) is 1. The predicted octanol–water partition coefficient (Wildman–Crippen LogP) is 5.07. The third-order valence-electron chi connectivity index (χ3n) is 4.77. The lowest BCUT2D eigenvalue weighted by Gasteiger charge is -2.14. The van der Waals surface area contributed by atoms with Crippen LogP contribution < -0.4 is 9.47 Å². The van der Waals surface area contributed by atoms with Crippen molar-refractivity contribution in [1.29, 1.82) is 0 Å². The summed E-state index contributed by atoms with van der Waals surface area (Å²) >= 11 is 0. The number of carbonyl (C=O) groups excluding carboxylic acids is 1. The lowest BCUT2D eigenvalue weighted by molar-refractivity contribution is -0.129. The largest absolute Gasteiger partial charge is 0.493 e. The van der Waals surface area contributed by atoms with E-state index in [1.54, 1.807) is 42.5 Å². The molecule has 1 aliphatic rings. The van der Waals surface area contributed by atoms with Crippen molar-refractivity contribution in [3.8, 4) is 11.5 Å². The van der Waals surface area contributed by atoms with E-state index >= 15 is 0 Å². The van der Waals surface area contributed by atoms with Gasteiger partial charge in [-0.3, -0.25) is 0 Å². The lowest BCUT2D eigenvalue weighted by atomic mass is 10.1. The molecular weight excluding hydrogens is 397 g/mol. The van der Waals surface area contributed by atoms with Crippen molar-refractivity contribution in [2.45, 2.75) is 13.5 Å². The topological polar surface area (TPSA) is 57.1 Å². The molecule has 6 heteroatoms. The zero-order chi connectivity index (χ0) is 21.8. The minimum Gasteiger partial charge on any atom is -0.493 e. The van der Waals surface area contributed by atoms with Crippen molar-refractivity contribution < 1.29 is 23.4 Å². The number of ether oxygens (including phenoxy) is 3. The van der Waals surface area contributed by atoms with Gasteiger partial charge < -0.3 is 14.2 Å². The second-order valence-corrected chi connectivity index (χ2v) is 6.96. The van der Waals surface area contributed by atoms with Gasteiger partial charge in [0.15, 0.2) is 17.2 Å². The highest BCUT2D eigenvalue weighted by molar-refractivity contribution is 6.13. The Morgan fingerprint density at radius 2 is 1.81 bits per heavy atom. The van der Waals surface area contributed by atoms with E-state index in [-0.39, 0.29) is 24.0 Å². The Morgan fingerprint density at radius 1 is 1.03 bits per heavy atom. The zero-order valence-corrected chi connectivity index (χ0v) is 17.1. The van der Waals surface area contributed by atoms with Crippen LogP contribution in [0.25, 0.3) is 6.08 Å². The molecule has 0 radical (unpaired) electrons. The Kier molecular flexibility index (Phi) is 5.80. The van der Waals surface area contributed by atoms with Crippen LogP contribution in [-0.4, -0.2) is 19.0 Å². The van der Waals surface area contributed by atoms with Crippen LogP contribution in [0.3, 0.4) is 0 Å². The fourth-order valence-electron chi connectivity index (χ4n) is 3.10. The number of methoxy groups -OCH3 is 1. The summed E-state index contributed by atoms with van der Waals surface area (Å²) in [7, 11) is 1.51. The number of hydrogen-bond donors (Lipinski definition) is 0. The molecule has 5 nitrogen and oxygen atoms in total. The molecule has 4 rings (SSSR count). The first-order valence-corrected chi connectivity index (χ1v) is 9.68. The van der Waals surface area contributed by atoms with Crippen molar-refractivity contribution in [3.05, 3.63) is 100 Å². The molecule has 3 aromatic rings. The third kappa shape index (κ3) is 4.48. The van der Waals surface area contributed by atoms with Gasteiger partial charge >= 0.3 is 5.97 Å². The van der Waals surface area contributed by atoms with E-state index in [0.717, 1.165) is 5.56 Å². The summed E-state index contributed by atoms with van der Waals surface area (Å²) in [6.07, 6.45) is 1.57. The lowest BCUT2D eigenvalue weighted by Crippen LogP contribution is -2.05. The average molecular weight is 417 g/mol. The summed E-state index contributed by atoms with van der Waals surface area (Å²) in [6, 6.07) is 19.2. The second kappa shape index (κ2) is 8.83. The van der Waals surface area contributed by atoms with Gasteiger partial charge in [-0.05, 0) is 37.3 Å². The number of cyclic esters (lactones) is 1. The molecule has 1 heterocycles. The van der Waals surface area contributed by atoms with Crippen LogP contribution in [0.15, 0.2) is 77.4 Å². The second-order valence-electron chi connectivity index (χ2n) is 6.96. The Bertz CT molecular complexity index is 1180. The van der Waals surface area contributed by atoms with Crippen LogP contribution in [0, 0.1) is 12.7 Å². The summed E-state index contributed by atoms with van der Waals surface area (Å²) < 4.78 is 30.6. The molecule has 0 saturated heterocycles. The normalized spacial score (nSPS) is 14.4. The number of esters is 1. The molecule has 156 valence electrons. The maximum Gasteiger partial charge on any atom is 0.363 e.